The Kier molecular flexibility index (Phi) is 3.47. The lowest BCUT2D eigenvalue weighted by Gasteiger charge is -2.45. The van der Waals surface area contributed by atoms with Crippen molar-refractivity contribution in [3.63, 3.8) is 0 Å². The number of aromatic nitrogens is 1. The highest BCUT2D eigenvalue weighted by molar-refractivity contribution is 6.02. The molecule has 2 atom stereocenters. The van der Waals surface area contributed by atoms with Crippen LogP contribution >= 0.6 is 0 Å². The topological polar surface area (TPSA) is 91.9 Å². The maximum absolute atomic E-state index is 13.1. The van der Waals surface area contributed by atoms with Crippen LogP contribution < -0.4 is 9.47 Å². The third-order valence-corrected chi connectivity index (χ3v) is 6.13. The Morgan fingerprint density at radius 1 is 1.07 bits per heavy atom. The van der Waals surface area contributed by atoms with E-state index in [1.165, 1.54) is 0 Å². The predicted octanol–water partition coefficient (Wildman–Crippen LogP) is 1.74. The Morgan fingerprint density at radius 3 is 2.77 bits per heavy atom. The van der Waals surface area contributed by atoms with Gasteiger partial charge >= 0.3 is 0 Å². The SMILES string of the molecule is O=CN1CC(=O)N2[C@H](c3ccc4c(c3)OCO4)c3[nH]c4ccccc4c3C[C@@H]2C1=O. The van der Waals surface area contributed by atoms with Crippen LogP contribution in [0.15, 0.2) is 42.5 Å². The van der Waals surface area contributed by atoms with E-state index in [0.29, 0.717) is 24.3 Å². The minimum absolute atomic E-state index is 0.152. The van der Waals surface area contributed by atoms with E-state index >= 15 is 0 Å². The summed E-state index contributed by atoms with van der Waals surface area (Å²) in [7, 11) is 0. The average molecular weight is 403 g/mol. The Balaban J connectivity index is 1.58. The van der Waals surface area contributed by atoms with E-state index < -0.39 is 12.1 Å². The van der Waals surface area contributed by atoms with Gasteiger partial charge in [-0.05, 0) is 29.3 Å². The molecule has 30 heavy (non-hydrogen) atoms. The molecule has 3 aromatic rings. The normalized spacial score (nSPS) is 22.3. The first-order valence-corrected chi connectivity index (χ1v) is 9.71. The number of carbonyl (C=O) groups is 3. The van der Waals surface area contributed by atoms with Gasteiger partial charge in [-0.2, -0.15) is 0 Å². The second-order valence-corrected chi connectivity index (χ2v) is 7.67. The molecule has 6 rings (SSSR count). The predicted molar refractivity (Wildman–Crippen MR) is 105 cm³/mol. The molecule has 0 unspecified atom stereocenters. The van der Waals surface area contributed by atoms with Gasteiger partial charge in [0.25, 0.3) is 5.91 Å². The molecule has 1 saturated heterocycles. The average Bonchev–Trinajstić information content (AvgIpc) is 3.38. The molecule has 0 spiro atoms. The summed E-state index contributed by atoms with van der Waals surface area (Å²) in [6, 6.07) is 12.2. The van der Waals surface area contributed by atoms with Crippen molar-refractivity contribution in [1.82, 2.24) is 14.8 Å². The maximum atomic E-state index is 13.1. The molecule has 3 amide bonds. The molecule has 150 valence electrons. The highest BCUT2D eigenvalue weighted by atomic mass is 16.7. The van der Waals surface area contributed by atoms with Gasteiger partial charge in [-0.25, -0.2) is 0 Å². The van der Waals surface area contributed by atoms with Gasteiger partial charge in [0, 0.05) is 23.0 Å². The van der Waals surface area contributed by atoms with Crippen LogP contribution in [-0.2, 0) is 20.8 Å². The highest BCUT2D eigenvalue weighted by Gasteiger charge is 2.48. The zero-order valence-electron chi connectivity index (χ0n) is 15.8. The number of rotatable bonds is 2. The first-order valence-electron chi connectivity index (χ1n) is 9.71. The largest absolute Gasteiger partial charge is 0.454 e. The molecule has 1 aromatic heterocycles. The standard InChI is InChI=1S/C22H17N3O5/c26-10-24-9-19(27)25-16(22(24)28)8-14-13-3-1-2-4-15(13)23-20(14)21(25)12-5-6-17-18(7-12)30-11-29-17/h1-7,10,16,21,23H,8-9,11H2/t16-,21-/m1/s1. The van der Waals surface area contributed by atoms with Gasteiger partial charge in [-0.3, -0.25) is 19.3 Å². The molecule has 4 heterocycles. The molecular weight excluding hydrogens is 386 g/mol. The molecule has 3 aliphatic rings. The molecule has 0 radical (unpaired) electrons. The molecular formula is C22H17N3O5. The number of nitrogens with one attached hydrogen (secondary N) is 1. The lowest BCUT2D eigenvalue weighted by molar-refractivity contribution is -0.160. The minimum Gasteiger partial charge on any atom is -0.454 e. The Labute approximate surface area is 171 Å². The van der Waals surface area contributed by atoms with E-state index in [9.17, 15) is 14.4 Å². The number of nitrogens with zero attached hydrogens (tertiary/aromatic N) is 2. The van der Waals surface area contributed by atoms with Crippen LogP contribution in [0.5, 0.6) is 11.5 Å². The number of carbonyl (C=O) groups excluding carboxylic acids is 3. The smallest absolute Gasteiger partial charge is 0.252 e. The third kappa shape index (κ3) is 2.24. The van der Waals surface area contributed by atoms with E-state index in [-0.39, 0.29) is 25.2 Å². The summed E-state index contributed by atoms with van der Waals surface area (Å²) in [6.45, 7) is -0.103. The molecule has 0 bridgehead atoms. The van der Waals surface area contributed by atoms with Crippen molar-refractivity contribution in [2.75, 3.05) is 13.3 Å². The van der Waals surface area contributed by atoms with Crippen molar-refractivity contribution in [3.05, 3.63) is 59.3 Å². The Bertz CT molecular complexity index is 1230. The van der Waals surface area contributed by atoms with Crippen LogP contribution in [0.1, 0.15) is 22.9 Å². The number of fused-ring (bicyclic) bond motifs is 5. The van der Waals surface area contributed by atoms with E-state index in [0.717, 1.165) is 32.6 Å². The monoisotopic (exact) mass is 403 g/mol. The number of aromatic amines is 1. The van der Waals surface area contributed by atoms with Crippen LogP contribution in [0.3, 0.4) is 0 Å². The van der Waals surface area contributed by atoms with Gasteiger partial charge in [0.1, 0.15) is 12.6 Å². The Hall–Kier alpha value is -3.81. The quantitative estimate of drug-likeness (QED) is 0.658. The lowest BCUT2D eigenvalue weighted by Crippen LogP contribution is -2.62. The number of para-hydroxylation sites is 1. The first kappa shape index (κ1) is 17.1. The van der Waals surface area contributed by atoms with Gasteiger partial charge in [0.05, 0.1) is 6.04 Å². The van der Waals surface area contributed by atoms with Crippen molar-refractivity contribution >= 4 is 29.1 Å². The number of piperazine rings is 1. The van der Waals surface area contributed by atoms with Crippen molar-refractivity contribution in [2.45, 2.75) is 18.5 Å². The molecule has 1 N–H and O–H groups in total. The number of hydrogen-bond acceptors (Lipinski definition) is 5. The molecule has 2 aromatic carbocycles. The molecule has 1 fully saturated rings. The van der Waals surface area contributed by atoms with Crippen molar-refractivity contribution < 1.29 is 23.9 Å². The van der Waals surface area contributed by atoms with Crippen LogP contribution in [0.25, 0.3) is 10.9 Å². The summed E-state index contributed by atoms with van der Waals surface area (Å²) in [6.07, 6.45) is 0.799. The summed E-state index contributed by atoms with van der Waals surface area (Å²) >= 11 is 0. The fourth-order valence-corrected chi connectivity index (χ4v) is 4.81. The number of hydrogen-bond donors (Lipinski definition) is 1. The van der Waals surface area contributed by atoms with Crippen molar-refractivity contribution in [3.8, 4) is 11.5 Å². The summed E-state index contributed by atoms with van der Waals surface area (Å²) < 4.78 is 11.0. The van der Waals surface area contributed by atoms with Gasteiger partial charge < -0.3 is 19.4 Å². The molecule has 8 nitrogen and oxygen atoms in total. The second-order valence-electron chi connectivity index (χ2n) is 7.67. The van der Waals surface area contributed by atoms with Crippen LogP contribution in [0.4, 0.5) is 0 Å². The van der Waals surface area contributed by atoms with E-state index in [1.54, 1.807) is 4.90 Å². The molecule has 0 aliphatic carbocycles. The van der Waals surface area contributed by atoms with E-state index in [2.05, 4.69) is 4.98 Å². The number of imide groups is 1. The summed E-state index contributed by atoms with van der Waals surface area (Å²) in [5, 5.41) is 1.02. The van der Waals surface area contributed by atoms with Crippen LogP contribution in [0, 0.1) is 0 Å². The summed E-state index contributed by atoms with van der Waals surface area (Å²) in [5.41, 5.74) is 3.63. The minimum atomic E-state index is -0.737. The van der Waals surface area contributed by atoms with Gasteiger partial charge in [0.2, 0.25) is 19.1 Å². The first-order chi connectivity index (χ1) is 14.7. The number of benzene rings is 2. The van der Waals surface area contributed by atoms with Crippen molar-refractivity contribution in [2.24, 2.45) is 0 Å². The summed E-state index contributed by atoms with van der Waals surface area (Å²) in [4.78, 5) is 43.5. The zero-order valence-corrected chi connectivity index (χ0v) is 15.8. The number of amides is 3. The maximum Gasteiger partial charge on any atom is 0.252 e. The highest BCUT2D eigenvalue weighted by Crippen LogP contribution is 2.44. The van der Waals surface area contributed by atoms with Crippen LogP contribution in [0.2, 0.25) is 0 Å². The molecule has 3 aliphatic heterocycles. The molecule has 0 saturated carbocycles. The second kappa shape index (κ2) is 6.09. The fraction of sp³-hybridized carbons (Fsp3) is 0.227. The van der Waals surface area contributed by atoms with E-state index in [4.69, 9.17) is 9.47 Å². The van der Waals surface area contributed by atoms with Crippen molar-refractivity contribution in [1.29, 1.82) is 0 Å². The van der Waals surface area contributed by atoms with Gasteiger partial charge in [-0.1, -0.05) is 24.3 Å². The summed E-state index contributed by atoms with van der Waals surface area (Å²) in [5.74, 6) is 0.638. The van der Waals surface area contributed by atoms with Gasteiger partial charge in [0.15, 0.2) is 11.5 Å². The fourth-order valence-electron chi connectivity index (χ4n) is 4.81. The molecule has 8 heteroatoms. The van der Waals surface area contributed by atoms with E-state index in [1.807, 2.05) is 42.5 Å². The zero-order chi connectivity index (χ0) is 20.4. The number of H-pyrrole nitrogens is 1. The Morgan fingerprint density at radius 2 is 1.90 bits per heavy atom. The van der Waals surface area contributed by atoms with Crippen LogP contribution in [-0.4, -0.2) is 52.4 Å². The van der Waals surface area contributed by atoms with Gasteiger partial charge in [-0.15, -0.1) is 0 Å². The lowest BCUT2D eigenvalue weighted by atomic mass is 9.86. The number of ether oxygens (including phenoxy) is 2. The third-order valence-electron chi connectivity index (χ3n) is 6.13.